The Hall–Kier alpha value is -8.84. The van der Waals surface area contributed by atoms with Crippen LogP contribution in [-0.4, -0.2) is 163 Å². The fourth-order valence-electron chi connectivity index (χ4n) is 8.64. The molecule has 0 radical (unpaired) electrons. The Balaban J connectivity index is -0.000000470. The predicted octanol–water partition coefficient (Wildman–Crippen LogP) is 22.7. The third-order valence-corrected chi connectivity index (χ3v) is 24.1. The zero-order valence-electron chi connectivity index (χ0n) is 89.5. The summed E-state index contributed by atoms with van der Waals surface area (Å²) in [6.07, 6.45) is 10.2. The van der Waals surface area contributed by atoms with Crippen molar-refractivity contribution in [1.29, 1.82) is 0 Å². The number of nitrogens with zero attached hydrogens (tertiary/aromatic N) is 1. The quantitative estimate of drug-likeness (QED) is 0.00610. The summed E-state index contributed by atoms with van der Waals surface area (Å²) in [5, 5.41) is 34.7. The lowest BCUT2D eigenvalue weighted by Gasteiger charge is -2.21. The number of ether oxygens (including phenoxy) is 10. The van der Waals surface area contributed by atoms with E-state index in [1.165, 1.54) is 29.4 Å². The molecule has 6 rings (SSSR count). The minimum absolute atomic E-state index is 0.00119. The van der Waals surface area contributed by atoms with Crippen LogP contribution >= 0.6 is 18.5 Å². The second-order valence-electron chi connectivity index (χ2n) is 38.6. The van der Waals surface area contributed by atoms with E-state index in [1.54, 1.807) is 67.5 Å². The normalized spacial score (nSPS) is 14.3. The molecule has 8 atom stereocenters. The maximum Gasteiger partial charge on any atom is 0.333 e. The lowest BCUT2D eigenvalue weighted by atomic mass is 9.91. The van der Waals surface area contributed by atoms with Gasteiger partial charge in [-0.3, -0.25) is 57.6 Å². The van der Waals surface area contributed by atoms with Crippen molar-refractivity contribution in [3.05, 3.63) is 150 Å². The molecule has 27 nitrogen and oxygen atoms in total. The molecule has 0 aromatic heterocycles. The van der Waals surface area contributed by atoms with E-state index >= 15 is 0 Å². The number of hydrogen-bond acceptors (Lipinski definition) is 24. The Morgan fingerprint density at radius 3 is 1.07 bits per heavy atom. The van der Waals surface area contributed by atoms with Gasteiger partial charge in [0.2, 0.25) is 11.8 Å². The van der Waals surface area contributed by atoms with Crippen LogP contribution in [0.25, 0.3) is 0 Å². The number of carboxylic acid groups (broad SMARTS) is 2. The fraction of sp³-hybridized carbons (Fsp3) is 0.648. The van der Waals surface area contributed by atoms with Crippen molar-refractivity contribution in [3.63, 3.8) is 0 Å². The minimum atomic E-state index is -1.02. The molecule has 2 aliphatic heterocycles. The molecule has 782 valence electrons. The van der Waals surface area contributed by atoms with Gasteiger partial charge in [0.05, 0.1) is 88.0 Å². The number of aliphatic hydroxyl groups excluding tert-OH is 2. The summed E-state index contributed by atoms with van der Waals surface area (Å²) in [5.74, 6) is -3.17. The van der Waals surface area contributed by atoms with E-state index in [2.05, 4.69) is 70.1 Å². The van der Waals surface area contributed by atoms with Gasteiger partial charge in [-0.15, -0.1) is 0 Å². The number of carbonyl (C=O) groups excluding carboxylic acids is 10. The number of rotatable bonds is 41. The van der Waals surface area contributed by atoms with Crippen LogP contribution in [0.5, 0.6) is 0 Å². The van der Waals surface area contributed by atoms with Crippen LogP contribution in [0.1, 0.15) is 327 Å². The molecule has 2 heterocycles. The highest BCUT2D eigenvalue weighted by molar-refractivity contribution is 7.16. The third kappa shape index (κ3) is 60.7. The summed E-state index contributed by atoms with van der Waals surface area (Å²) in [6, 6.07) is 37.2. The van der Waals surface area contributed by atoms with Crippen LogP contribution < -0.4 is 4.90 Å². The molecule has 2 saturated heterocycles. The number of carboxylic acids is 2. The number of hydrogen-bond donors (Lipinski definition) is 4. The number of aliphatic hydroxyl groups is 2. The molecule has 0 saturated carbocycles. The fourth-order valence-corrected chi connectivity index (χ4v) is 8.94. The molecule has 0 bridgehead atoms. The van der Waals surface area contributed by atoms with E-state index in [4.69, 9.17) is 62.7 Å². The molecule has 8 unspecified atom stereocenters. The van der Waals surface area contributed by atoms with Crippen molar-refractivity contribution < 1.29 is 125 Å². The van der Waals surface area contributed by atoms with Crippen LogP contribution in [0.4, 0.5) is 5.69 Å². The Bertz CT molecular complexity index is 3990. The summed E-state index contributed by atoms with van der Waals surface area (Å²) in [4.78, 5) is 136. The highest BCUT2D eigenvalue weighted by atomic mass is 31.0. The summed E-state index contributed by atoms with van der Waals surface area (Å²) in [6.45, 7) is 66.9. The van der Waals surface area contributed by atoms with Gasteiger partial charge >= 0.3 is 59.7 Å². The highest BCUT2D eigenvalue weighted by Crippen LogP contribution is 2.32. The van der Waals surface area contributed by atoms with Gasteiger partial charge in [-0.1, -0.05) is 238 Å². The summed E-state index contributed by atoms with van der Waals surface area (Å²) in [7, 11) is 4.72. The SMILES string of the molecule is C=C(C)C(=O)OCC(O)COC(=O)C(C)(C)CC.CC1C(=O)N(c2ccccc2)C(=O)C1C.CCC(C)(C)C(=O)O.CCC(C)(C)C(=O)O.CCC(C)(C)C(=O)OCCO.CCC(C)(C)C(=O)OCP.CCC(C)(C)C(=O)OCP.CCC(C)(C)C(=O)OCc1ccccc1.CCC(C)C(=O)OCc1ccccc1.CCC(C)c1ccc(COCC2CO2)cc1.CCCCOC(=O)C(C)(C)CC. The molecular formula is C108H179NO26P2. The number of imide groups is 1. The van der Waals surface area contributed by atoms with Crippen LogP contribution in [-0.2, 0) is 125 Å². The Morgan fingerprint density at radius 2 is 0.759 bits per heavy atom. The lowest BCUT2D eigenvalue weighted by molar-refractivity contribution is -0.159. The van der Waals surface area contributed by atoms with Crippen LogP contribution in [0.2, 0.25) is 0 Å². The van der Waals surface area contributed by atoms with E-state index in [0.717, 1.165) is 75.7 Å². The number of para-hydroxylation sites is 1. The molecule has 137 heavy (non-hydrogen) atoms. The van der Waals surface area contributed by atoms with Crippen molar-refractivity contribution in [1.82, 2.24) is 0 Å². The first kappa shape index (κ1) is 137. The number of amides is 2. The maximum absolute atomic E-state index is 11.8. The summed E-state index contributed by atoms with van der Waals surface area (Å²) in [5.41, 5.74) is 2.22. The molecule has 0 aliphatic carbocycles. The number of unbranched alkanes of at least 4 members (excludes halogenated alkanes) is 1. The lowest BCUT2D eigenvalue weighted by Crippen LogP contribution is -2.31. The maximum atomic E-state index is 11.8. The Morgan fingerprint density at radius 1 is 0.438 bits per heavy atom. The van der Waals surface area contributed by atoms with Crippen molar-refractivity contribution in [2.45, 2.75) is 337 Å². The minimum Gasteiger partial charge on any atom is -0.481 e. The van der Waals surface area contributed by atoms with E-state index in [0.29, 0.717) is 76.1 Å². The summed E-state index contributed by atoms with van der Waals surface area (Å²) >= 11 is 0. The molecule has 2 fully saturated rings. The molecule has 29 heteroatoms. The number of anilines is 1. The van der Waals surface area contributed by atoms with E-state index < -0.39 is 45.7 Å². The molecule has 4 aromatic rings. The first-order valence-electron chi connectivity index (χ1n) is 48.1. The topological polar surface area (TPSA) is 385 Å². The molecule has 4 aromatic carbocycles. The molecule has 2 amide bonds. The number of carbonyl (C=O) groups is 12. The Kier molecular flexibility index (Phi) is 72.2. The van der Waals surface area contributed by atoms with Gasteiger partial charge in [0, 0.05) is 17.4 Å². The van der Waals surface area contributed by atoms with Crippen molar-refractivity contribution in [2.75, 3.05) is 63.8 Å². The number of aliphatic carboxylic acids is 2. The average molecular weight is 1970 g/mol. The van der Waals surface area contributed by atoms with Gasteiger partial charge in [0.15, 0.2) is 0 Å². The monoisotopic (exact) mass is 1970 g/mol. The third-order valence-electron chi connectivity index (χ3n) is 23.8. The van der Waals surface area contributed by atoms with Crippen LogP contribution in [0.3, 0.4) is 0 Å². The van der Waals surface area contributed by atoms with Gasteiger partial charge in [0.25, 0.3) is 0 Å². The molecule has 4 N–H and O–H groups in total. The molecular weight excluding hydrogens is 1790 g/mol. The van der Waals surface area contributed by atoms with E-state index in [-0.39, 0.29) is 125 Å². The zero-order valence-corrected chi connectivity index (χ0v) is 91.8. The van der Waals surface area contributed by atoms with Gasteiger partial charge in [-0.2, -0.15) is 0 Å². The van der Waals surface area contributed by atoms with Gasteiger partial charge in [0.1, 0.15) is 57.9 Å². The molecule has 2 aliphatic rings. The Labute approximate surface area is 827 Å². The van der Waals surface area contributed by atoms with Crippen molar-refractivity contribution in [3.8, 4) is 0 Å². The van der Waals surface area contributed by atoms with Gasteiger partial charge in [-0.25, -0.2) is 4.79 Å². The van der Waals surface area contributed by atoms with Crippen molar-refractivity contribution >= 4 is 95.7 Å². The highest BCUT2D eigenvalue weighted by Gasteiger charge is 2.43. The summed E-state index contributed by atoms with van der Waals surface area (Å²) < 4.78 is 50.2. The van der Waals surface area contributed by atoms with Gasteiger partial charge in [-0.05, 0) is 229 Å². The number of benzene rings is 4. The first-order chi connectivity index (χ1) is 63.6. The number of esters is 8. The predicted molar refractivity (Wildman–Crippen MR) is 550 cm³/mol. The smallest absolute Gasteiger partial charge is 0.333 e. The van der Waals surface area contributed by atoms with Crippen LogP contribution in [0, 0.1) is 61.1 Å². The van der Waals surface area contributed by atoms with Crippen molar-refractivity contribution in [2.24, 2.45) is 61.1 Å². The number of epoxide rings is 1. The second kappa shape index (κ2) is 72.4. The first-order valence-corrected chi connectivity index (χ1v) is 49.7. The van der Waals surface area contributed by atoms with Gasteiger partial charge < -0.3 is 67.8 Å². The van der Waals surface area contributed by atoms with Crippen LogP contribution in [0.15, 0.2) is 127 Å². The largest absolute Gasteiger partial charge is 0.481 e. The zero-order chi connectivity index (χ0) is 107. The average Bonchev–Trinajstić information content (AvgIpc) is 1.64. The second-order valence-corrected chi connectivity index (χ2v) is 39.3. The van der Waals surface area contributed by atoms with E-state index in [9.17, 15) is 62.6 Å². The standard InChI is InChI=1S/C14H20O2.C13H22O5.C13H18O2.C12H13NO2.C12H16O2.C10H20O2.C8H16O3.2C7H15O2P.2C6H12O2/c1-3-11(2)13-6-4-12(5-7-13)8-15-9-14-10-16-14;1-6-13(4,5)12(16)18-8-10(14)7-17-11(15)9(2)3;1-4-13(2,3)12(14)15-10-11-8-6-5-7-9-11;1-8-9(2)12(15)13(11(8)14)10-6-4-3-5-7-10;1-3-10(2)12(13)14-9-11-7-5-4-6-8-11;1-5-7-8-12-9(11)10(3,4)6-2;1-4-8(2,3)7(10)11-6-5-9;2*1-4-7(2,3)6(8)9-5-10;2*1-4-6(2,3)5(7)8/h4-7,11,14H,3,8-10H2,1-2H3;10,14H,2,6-8H2,1,3-5H3;5-9H,4,10H2,1-3H3;3-9H,1-2H3;4-8,10H,3,9H2,1-2H3;5-8H2,1-4H3;9H,4-6H2,1-3H3;2*4-5,10H2,1-3H3;2*4H2,1-3H3,(H,7,8). The van der Waals surface area contributed by atoms with E-state index in [1.807, 2.05) is 217 Å². The molecule has 0 spiro atoms.